The first-order valence-corrected chi connectivity index (χ1v) is 4.00. The summed E-state index contributed by atoms with van der Waals surface area (Å²) in [5, 5.41) is 0. The Hall–Kier alpha value is -0.920. The maximum Gasteiger partial charge on any atom is 0.483 e. The largest absolute Gasteiger partial charge is 0.483 e. The third kappa shape index (κ3) is 3.39. The van der Waals surface area contributed by atoms with Crippen LogP contribution in [-0.2, 0) is 9.47 Å². The van der Waals surface area contributed by atoms with Gasteiger partial charge in [0, 0.05) is 0 Å². The van der Waals surface area contributed by atoms with Crippen LogP contribution in [0.1, 0.15) is 0 Å². The topological polar surface area (TPSA) is 18.5 Å². The molecule has 2 nitrogen and oxygen atoms in total. The minimum atomic E-state index is -6.89. The average Bonchev–Trinajstić information content (AvgIpc) is 2.12. The number of hydrogen-bond donors (Lipinski definition) is 0. The predicted octanol–water partition coefficient (Wildman–Crippen LogP) is 3.92. The number of hydrogen-bond acceptors (Lipinski definition) is 2. The summed E-state index contributed by atoms with van der Waals surface area (Å²) in [5.74, 6) is -6.55. The van der Waals surface area contributed by atoms with Gasteiger partial charge in [-0.05, 0) is 0 Å². The van der Waals surface area contributed by atoms with Crippen LogP contribution in [0.25, 0.3) is 0 Å². The lowest BCUT2D eigenvalue weighted by atomic mass is 10.2. The van der Waals surface area contributed by atoms with Crippen LogP contribution in [0.2, 0.25) is 0 Å². The maximum atomic E-state index is 12.8. The van der Waals surface area contributed by atoms with E-state index >= 15 is 0 Å². The molecule has 0 aromatic rings. The molecule has 0 saturated carbocycles. The van der Waals surface area contributed by atoms with Crippen molar-refractivity contribution in [3.8, 4) is 0 Å². The molecular weight excluding hydrogens is 332 g/mol. The molecule has 0 fully saturated rings. The van der Waals surface area contributed by atoms with Crippen LogP contribution in [0, 0.1) is 0 Å². The minimum absolute atomic E-state index is 1.56. The fourth-order valence-corrected chi connectivity index (χ4v) is 0.691. The van der Waals surface area contributed by atoms with Gasteiger partial charge in [0.25, 0.3) is 0 Å². The first-order valence-electron chi connectivity index (χ1n) is 4.00. The van der Waals surface area contributed by atoms with E-state index in [-0.39, 0.29) is 0 Å². The van der Waals surface area contributed by atoms with Crippen molar-refractivity contribution >= 4 is 0 Å². The lowest BCUT2D eigenvalue weighted by Gasteiger charge is -2.34. The Balaban J connectivity index is 5.59. The van der Waals surface area contributed by atoms with Gasteiger partial charge in [-0.15, -0.1) is 0 Å². The molecule has 0 aromatic heterocycles. The predicted molar refractivity (Wildman–Crippen MR) is 34.0 cm³/mol. The third-order valence-corrected chi connectivity index (χ3v) is 1.58. The van der Waals surface area contributed by atoms with Gasteiger partial charge in [0.05, 0.1) is 0 Å². The Morgan fingerprint density at radius 2 is 1.00 bits per heavy atom. The van der Waals surface area contributed by atoms with Crippen LogP contribution in [0.5, 0.6) is 0 Å². The zero-order valence-electron chi connectivity index (χ0n) is 8.56. The fourth-order valence-electron chi connectivity index (χ4n) is 0.691. The Morgan fingerprint density at radius 3 is 1.25 bits per heavy atom. The van der Waals surface area contributed by atoms with Crippen LogP contribution in [0.3, 0.4) is 0 Å². The van der Waals surface area contributed by atoms with E-state index in [0.29, 0.717) is 0 Å². The van der Waals surface area contributed by atoms with Crippen molar-refractivity contribution < 1.29 is 62.2 Å². The van der Waals surface area contributed by atoms with Gasteiger partial charge in [-0.2, -0.15) is 48.3 Å². The number of rotatable bonds is 5. The van der Waals surface area contributed by atoms with Crippen molar-refractivity contribution in [1.82, 2.24) is 0 Å². The van der Waals surface area contributed by atoms with E-state index in [2.05, 4.69) is 4.74 Å². The molecule has 0 amide bonds. The molecule has 1 atom stereocenters. The summed E-state index contributed by atoms with van der Waals surface area (Å²) in [6.45, 7) is -2.91. The minimum Gasteiger partial charge on any atom is -0.300 e. The highest BCUT2D eigenvalue weighted by molar-refractivity contribution is 4.88. The molecule has 14 heteroatoms. The monoisotopic (exact) mass is 334 g/mol. The number of halogens is 12. The lowest BCUT2D eigenvalue weighted by molar-refractivity contribution is -0.526. The smallest absolute Gasteiger partial charge is 0.300 e. The maximum absolute atomic E-state index is 12.8. The highest BCUT2D eigenvalue weighted by Gasteiger charge is 2.79. The highest BCUT2D eigenvalue weighted by atomic mass is 19.4. The molecule has 0 spiro atoms. The molecular formula is C6H2F12O2. The molecule has 0 radical (unpaired) electrons. The summed E-state index contributed by atoms with van der Waals surface area (Å²) < 4.78 is 148. The zero-order chi connectivity index (χ0) is 16.6. The molecule has 122 valence electrons. The van der Waals surface area contributed by atoms with Crippen molar-refractivity contribution in [3.63, 3.8) is 0 Å². The molecule has 0 rings (SSSR count). The quantitative estimate of drug-likeness (QED) is 0.710. The van der Waals surface area contributed by atoms with Gasteiger partial charge in [-0.3, -0.25) is 0 Å². The van der Waals surface area contributed by atoms with Crippen LogP contribution >= 0.6 is 0 Å². The summed E-state index contributed by atoms with van der Waals surface area (Å²) >= 11 is 0. The van der Waals surface area contributed by atoms with Gasteiger partial charge in [0.2, 0.25) is 0 Å². The van der Waals surface area contributed by atoms with Crippen molar-refractivity contribution in [2.45, 2.75) is 30.4 Å². The average molecular weight is 334 g/mol. The molecule has 0 bridgehead atoms. The van der Waals surface area contributed by atoms with E-state index in [9.17, 15) is 52.7 Å². The van der Waals surface area contributed by atoms with Crippen molar-refractivity contribution in [1.29, 1.82) is 0 Å². The normalized spacial score (nSPS) is 18.0. The molecule has 0 aliphatic heterocycles. The molecule has 20 heavy (non-hydrogen) atoms. The Morgan fingerprint density at radius 1 is 0.600 bits per heavy atom. The summed E-state index contributed by atoms with van der Waals surface area (Å²) in [6.07, 6.45) is -27.5. The van der Waals surface area contributed by atoms with Crippen LogP contribution in [0.15, 0.2) is 0 Å². The second-order valence-electron chi connectivity index (χ2n) is 2.98. The lowest BCUT2D eigenvalue weighted by Crippen LogP contribution is -2.61. The van der Waals surface area contributed by atoms with Gasteiger partial charge in [0.1, 0.15) is 0 Å². The molecule has 0 aromatic carbocycles. The van der Waals surface area contributed by atoms with Crippen LogP contribution < -0.4 is 0 Å². The zero-order valence-corrected chi connectivity index (χ0v) is 8.56. The highest BCUT2D eigenvalue weighted by Crippen LogP contribution is 2.51. The third-order valence-electron chi connectivity index (χ3n) is 1.58. The summed E-state index contributed by atoms with van der Waals surface area (Å²) in [6, 6.07) is 0. The standard InChI is InChI=1S/C6H2F12O2/c7-1-19-2(8,3(9,10)11)5(15,16)20-6(17,18)4(12,13)14/h1H2. The van der Waals surface area contributed by atoms with Gasteiger partial charge >= 0.3 is 30.4 Å². The summed E-state index contributed by atoms with van der Waals surface area (Å²) in [7, 11) is 0. The molecule has 0 N–H and O–H groups in total. The molecule has 1 unspecified atom stereocenters. The van der Waals surface area contributed by atoms with Crippen LogP contribution in [-0.4, -0.2) is 37.3 Å². The van der Waals surface area contributed by atoms with Gasteiger partial charge in [-0.25, -0.2) is 9.13 Å². The van der Waals surface area contributed by atoms with Gasteiger partial charge in [-0.1, -0.05) is 0 Å². The van der Waals surface area contributed by atoms with Crippen molar-refractivity contribution in [2.24, 2.45) is 0 Å². The fraction of sp³-hybridized carbons (Fsp3) is 1.00. The molecule has 0 saturated heterocycles. The molecule has 0 aliphatic rings. The van der Waals surface area contributed by atoms with Gasteiger partial charge < -0.3 is 4.74 Å². The van der Waals surface area contributed by atoms with E-state index in [4.69, 9.17) is 0 Å². The van der Waals surface area contributed by atoms with Crippen molar-refractivity contribution in [2.75, 3.05) is 6.86 Å². The second kappa shape index (κ2) is 5.13. The number of ether oxygens (including phenoxy) is 2. The summed E-state index contributed by atoms with van der Waals surface area (Å²) in [4.78, 5) is 0. The van der Waals surface area contributed by atoms with E-state index in [1.807, 2.05) is 0 Å². The van der Waals surface area contributed by atoms with Crippen molar-refractivity contribution in [3.05, 3.63) is 0 Å². The Labute approximate surface area is 101 Å². The number of alkyl halides is 12. The van der Waals surface area contributed by atoms with Gasteiger partial charge in [0.15, 0.2) is 6.86 Å². The molecule has 0 aliphatic carbocycles. The first-order chi connectivity index (χ1) is 8.52. The Kier molecular flexibility index (Phi) is 4.89. The van der Waals surface area contributed by atoms with Crippen LogP contribution in [0.4, 0.5) is 52.7 Å². The SMILES string of the molecule is FCOC(F)(C(F)(F)F)C(F)(F)OC(F)(F)C(F)(F)F. The van der Waals surface area contributed by atoms with E-state index in [1.54, 1.807) is 4.74 Å². The summed E-state index contributed by atoms with van der Waals surface area (Å²) in [5.41, 5.74) is 0. The van der Waals surface area contributed by atoms with E-state index in [0.717, 1.165) is 0 Å². The second-order valence-corrected chi connectivity index (χ2v) is 2.98. The van der Waals surface area contributed by atoms with E-state index < -0.39 is 37.3 Å². The Bertz CT molecular complexity index is 332. The molecule has 0 heterocycles. The first kappa shape index (κ1) is 19.1. The van der Waals surface area contributed by atoms with E-state index in [1.165, 1.54) is 0 Å².